The Balaban J connectivity index is 1.37. The lowest BCUT2D eigenvalue weighted by molar-refractivity contribution is -0.132. The monoisotopic (exact) mass is 339 g/mol. The van der Waals surface area contributed by atoms with Gasteiger partial charge in [-0.3, -0.25) is 4.79 Å². The molecule has 1 aromatic carbocycles. The topological polar surface area (TPSA) is 38.1 Å². The zero-order valence-electron chi connectivity index (χ0n) is 15.2. The van der Waals surface area contributed by atoms with Crippen LogP contribution in [0, 0.1) is 5.92 Å². The maximum absolute atomic E-state index is 12.5. The van der Waals surface area contributed by atoms with Crippen LogP contribution in [0.25, 0.3) is 0 Å². The van der Waals surface area contributed by atoms with Crippen molar-refractivity contribution >= 4 is 5.91 Å². The Morgan fingerprint density at radius 2 is 1.88 bits per heavy atom. The lowest BCUT2D eigenvalue weighted by Gasteiger charge is -2.32. The number of nitrogens with zero attached hydrogens (tertiary/aromatic N) is 3. The first-order valence-electron chi connectivity index (χ1n) is 9.56. The van der Waals surface area contributed by atoms with Crippen LogP contribution in [-0.2, 0) is 24.2 Å². The van der Waals surface area contributed by atoms with Crippen molar-refractivity contribution in [2.75, 3.05) is 13.1 Å². The molecular formula is C21H29N3O. The lowest BCUT2D eigenvalue weighted by atomic mass is 9.93. The highest BCUT2D eigenvalue weighted by atomic mass is 16.2. The molecule has 0 spiro atoms. The smallest absolute Gasteiger partial charge is 0.222 e. The maximum Gasteiger partial charge on any atom is 0.222 e. The zero-order chi connectivity index (χ0) is 17.5. The molecular weight excluding hydrogens is 310 g/mol. The molecule has 1 aliphatic rings. The molecule has 1 aromatic heterocycles. The minimum absolute atomic E-state index is 0.313. The normalized spacial score (nSPS) is 15.5. The van der Waals surface area contributed by atoms with E-state index in [0.29, 0.717) is 12.3 Å². The van der Waals surface area contributed by atoms with Crippen LogP contribution in [0.15, 0.2) is 43.0 Å². The Hall–Kier alpha value is -2.10. The molecule has 0 unspecified atom stereocenters. The first kappa shape index (κ1) is 17.7. The van der Waals surface area contributed by atoms with Gasteiger partial charge in [0.25, 0.3) is 0 Å². The van der Waals surface area contributed by atoms with Crippen LogP contribution in [0.1, 0.15) is 43.7 Å². The summed E-state index contributed by atoms with van der Waals surface area (Å²) >= 11 is 0. The summed E-state index contributed by atoms with van der Waals surface area (Å²) in [7, 11) is 0. The zero-order valence-corrected chi connectivity index (χ0v) is 15.2. The molecule has 2 heterocycles. The Bertz CT molecular complexity index is 640. The second-order valence-electron chi connectivity index (χ2n) is 7.08. The van der Waals surface area contributed by atoms with Crippen LogP contribution in [0.2, 0.25) is 0 Å². The molecule has 0 radical (unpaired) electrons. The number of likely N-dealkylation sites (tertiary alicyclic amines) is 1. The van der Waals surface area contributed by atoms with E-state index in [9.17, 15) is 4.79 Å². The fourth-order valence-corrected chi connectivity index (χ4v) is 3.57. The van der Waals surface area contributed by atoms with E-state index in [0.717, 1.165) is 51.2 Å². The van der Waals surface area contributed by atoms with Gasteiger partial charge in [0.05, 0.1) is 6.33 Å². The summed E-state index contributed by atoms with van der Waals surface area (Å²) in [5, 5.41) is 0. The molecule has 1 fully saturated rings. The molecule has 4 nitrogen and oxygen atoms in total. The van der Waals surface area contributed by atoms with E-state index in [2.05, 4.69) is 45.6 Å². The molecule has 1 amide bonds. The van der Waals surface area contributed by atoms with Crippen LogP contribution in [-0.4, -0.2) is 33.4 Å². The Kier molecular flexibility index (Phi) is 6.26. The van der Waals surface area contributed by atoms with Gasteiger partial charge in [0.1, 0.15) is 0 Å². The van der Waals surface area contributed by atoms with Crippen LogP contribution in [0.3, 0.4) is 0 Å². The van der Waals surface area contributed by atoms with E-state index < -0.39 is 0 Å². The minimum atomic E-state index is 0.313. The van der Waals surface area contributed by atoms with Gasteiger partial charge >= 0.3 is 0 Å². The number of piperidine rings is 1. The number of rotatable bonds is 7. The van der Waals surface area contributed by atoms with Crippen molar-refractivity contribution in [3.8, 4) is 0 Å². The van der Waals surface area contributed by atoms with E-state index >= 15 is 0 Å². The van der Waals surface area contributed by atoms with Crippen LogP contribution in [0.4, 0.5) is 0 Å². The Morgan fingerprint density at radius 1 is 1.16 bits per heavy atom. The number of hydrogen-bond donors (Lipinski definition) is 0. The third kappa shape index (κ3) is 5.18. The highest BCUT2D eigenvalue weighted by Crippen LogP contribution is 2.22. The van der Waals surface area contributed by atoms with Crippen molar-refractivity contribution in [1.82, 2.24) is 14.5 Å². The highest BCUT2D eigenvalue weighted by molar-refractivity contribution is 5.76. The molecule has 1 saturated heterocycles. The molecule has 0 N–H and O–H groups in total. The number of hydrogen-bond acceptors (Lipinski definition) is 2. The third-order valence-electron chi connectivity index (χ3n) is 5.38. The number of imidazole rings is 1. The van der Waals surface area contributed by atoms with Gasteiger partial charge in [-0.25, -0.2) is 4.98 Å². The van der Waals surface area contributed by atoms with E-state index in [-0.39, 0.29) is 0 Å². The van der Waals surface area contributed by atoms with Gasteiger partial charge < -0.3 is 9.47 Å². The van der Waals surface area contributed by atoms with Crippen molar-refractivity contribution in [1.29, 1.82) is 0 Å². The Morgan fingerprint density at radius 3 is 2.52 bits per heavy atom. The number of aromatic nitrogens is 2. The molecule has 0 atom stereocenters. The highest BCUT2D eigenvalue weighted by Gasteiger charge is 2.22. The predicted molar refractivity (Wildman–Crippen MR) is 100 cm³/mol. The molecule has 0 saturated carbocycles. The van der Waals surface area contributed by atoms with Crippen LogP contribution in [0.5, 0.6) is 0 Å². The van der Waals surface area contributed by atoms with E-state index in [1.165, 1.54) is 17.5 Å². The van der Waals surface area contributed by atoms with Gasteiger partial charge in [-0.2, -0.15) is 0 Å². The van der Waals surface area contributed by atoms with Gasteiger partial charge in [-0.1, -0.05) is 31.2 Å². The molecule has 1 aliphatic heterocycles. The first-order valence-corrected chi connectivity index (χ1v) is 9.56. The van der Waals surface area contributed by atoms with Crippen molar-refractivity contribution in [2.45, 2.75) is 52.0 Å². The fourth-order valence-electron chi connectivity index (χ4n) is 3.57. The largest absolute Gasteiger partial charge is 0.343 e. The van der Waals surface area contributed by atoms with Gasteiger partial charge in [0, 0.05) is 38.4 Å². The summed E-state index contributed by atoms with van der Waals surface area (Å²) in [6, 6.07) is 8.67. The summed E-state index contributed by atoms with van der Waals surface area (Å²) in [6.07, 6.45) is 11.7. The molecule has 4 heteroatoms. The number of carbonyl (C=O) groups is 1. The molecule has 3 rings (SSSR count). The molecule has 0 aliphatic carbocycles. The summed E-state index contributed by atoms with van der Waals surface area (Å²) in [5.74, 6) is 1.04. The number of aryl methyl sites for hydroxylation is 3. The molecule has 0 bridgehead atoms. The van der Waals surface area contributed by atoms with E-state index in [1.54, 1.807) is 0 Å². The lowest BCUT2D eigenvalue weighted by Crippen LogP contribution is -2.38. The Labute approximate surface area is 150 Å². The van der Waals surface area contributed by atoms with Gasteiger partial charge in [0.15, 0.2) is 0 Å². The second kappa shape index (κ2) is 8.84. The van der Waals surface area contributed by atoms with E-state index in [4.69, 9.17) is 0 Å². The summed E-state index contributed by atoms with van der Waals surface area (Å²) in [5.41, 5.74) is 2.62. The van der Waals surface area contributed by atoms with Gasteiger partial charge in [-0.05, 0) is 49.1 Å². The average molecular weight is 339 g/mol. The number of amides is 1. The molecule has 2 aromatic rings. The number of carbonyl (C=O) groups excluding carboxylic acids is 1. The fraction of sp³-hybridized carbons (Fsp3) is 0.524. The standard InChI is InChI=1S/C21H29N3O/c1-2-18-3-5-19(6-4-18)7-8-21(25)24-14-10-20(11-15-24)9-13-23-16-12-22-17-23/h3-6,12,16-17,20H,2,7-11,13-15H2,1H3. The summed E-state index contributed by atoms with van der Waals surface area (Å²) in [4.78, 5) is 18.6. The van der Waals surface area contributed by atoms with Crippen molar-refractivity contribution in [3.05, 3.63) is 54.1 Å². The van der Waals surface area contributed by atoms with Crippen molar-refractivity contribution in [3.63, 3.8) is 0 Å². The SMILES string of the molecule is CCc1ccc(CCC(=O)N2CCC(CCn3ccnc3)CC2)cc1. The number of benzene rings is 1. The quantitative estimate of drug-likeness (QED) is 0.771. The van der Waals surface area contributed by atoms with Crippen LogP contribution < -0.4 is 0 Å². The van der Waals surface area contributed by atoms with Crippen molar-refractivity contribution < 1.29 is 4.79 Å². The maximum atomic E-state index is 12.5. The summed E-state index contributed by atoms with van der Waals surface area (Å²) < 4.78 is 2.14. The van der Waals surface area contributed by atoms with Gasteiger partial charge in [0.2, 0.25) is 5.91 Å². The summed E-state index contributed by atoms with van der Waals surface area (Å²) in [6.45, 7) is 5.04. The van der Waals surface area contributed by atoms with Gasteiger partial charge in [-0.15, -0.1) is 0 Å². The second-order valence-corrected chi connectivity index (χ2v) is 7.08. The average Bonchev–Trinajstić information content (AvgIpc) is 3.19. The van der Waals surface area contributed by atoms with Crippen molar-refractivity contribution in [2.24, 2.45) is 5.92 Å². The predicted octanol–water partition coefficient (Wildman–Crippen LogP) is 3.71. The third-order valence-corrected chi connectivity index (χ3v) is 5.38. The molecule has 134 valence electrons. The minimum Gasteiger partial charge on any atom is -0.343 e. The molecule has 25 heavy (non-hydrogen) atoms. The van der Waals surface area contributed by atoms with E-state index in [1.807, 2.05) is 18.7 Å². The van der Waals surface area contributed by atoms with Crippen LogP contribution >= 0.6 is 0 Å². The first-order chi connectivity index (χ1) is 12.2.